The average molecular weight is 176 g/mol. The van der Waals surface area contributed by atoms with Crippen molar-refractivity contribution in [1.29, 1.82) is 0 Å². The second kappa shape index (κ2) is 10.4. The Labute approximate surface area is 74.3 Å². The van der Waals surface area contributed by atoms with Crippen LogP contribution in [0, 0.1) is 4.91 Å². The number of hydrogen-bond donors (Lipinski definition) is 2. The predicted octanol–water partition coefficient (Wildman–Crippen LogP) is 2.31. The summed E-state index contributed by atoms with van der Waals surface area (Å²) < 4.78 is 0. The van der Waals surface area contributed by atoms with Crippen LogP contribution >= 0.6 is 0 Å². The SMILES string of the molecule is CCC(C)NC(C)CC.O=NO. The molecule has 0 aliphatic heterocycles. The number of nitrogens with one attached hydrogen (secondary N) is 1. The van der Waals surface area contributed by atoms with Crippen molar-refractivity contribution in [2.24, 2.45) is 5.34 Å². The minimum absolute atomic E-state index is 0.681. The van der Waals surface area contributed by atoms with Gasteiger partial charge in [0.1, 0.15) is 0 Å². The zero-order chi connectivity index (χ0) is 9.98. The van der Waals surface area contributed by atoms with E-state index in [1.54, 1.807) is 0 Å². The summed E-state index contributed by atoms with van der Waals surface area (Å²) in [5.41, 5.74) is 0. The van der Waals surface area contributed by atoms with E-state index >= 15 is 0 Å². The lowest BCUT2D eigenvalue weighted by atomic mass is 10.2. The van der Waals surface area contributed by atoms with Gasteiger partial charge in [-0.3, -0.25) is 0 Å². The molecule has 12 heavy (non-hydrogen) atoms. The van der Waals surface area contributed by atoms with Crippen LogP contribution in [0.2, 0.25) is 0 Å². The molecule has 4 nitrogen and oxygen atoms in total. The van der Waals surface area contributed by atoms with Gasteiger partial charge in [-0.1, -0.05) is 13.8 Å². The normalized spacial score (nSPS) is 14.0. The Morgan fingerprint density at radius 1 is 1.25 bits per heavy atom. The predicted molar refractivity (Wildman–Crippen MR) is 50.2 cm³/mol. The Balaban J connectivity index is 0. The molecule has 0 saturated carbocycles. The fraction of sp³-hybridized carbons (Fsp3) is 1.00. The van der Waals surface area contributed by atoms with E-state index in [1.807, 2.05) is 0 Å². The van der Waals surface area contributed by atoms with Gasteiger partial charge in [-0.05, 0) is 26.7 Å². The molecule has 0 bridgehead atoms. The van der Waals surface area contributed by atoms with Gasteiger partial charge in [0.25, 0.3) is 0 Å². The summed E-state index contributed by atoms with van der Waals surface area (Å²) in [6.07, 6.45) is 2.45. The summed E-state index contributed by atoms with van der Waals surface area (Å²) in [4.78, 5) is 8.11. The number of hydrogen-bond acceptors (Lipinski definition) is 3. The molecule has 0 rings (SSSR count). The van der Waals surface area contributed by atoms with Crippen LogP contribution in [0.3, 0.4) is 0 Å². The van der Waals surface area contributed by atoms with Gasteiger partial charge in [0.05, 0.1) is 0 Å². The first-order chi connectivity index (χ1) is 5.62. The maximum atomic E-state index is 8.11. The molecule has 74 valence electrons. The molecule has 0 heterocycles. The average Bonchev–Trinajstić information content (AvgIpc) is 2.05. The van der Waals surface area contributed by atoms with Crippen LogP contribution in [0.4, 0.5) is 0 Å². The Morgan fingerprint density at radius 3 is 1.67 bits per heavy atom. The van der Waals surface area contributed by atoms with Crippen molar-refractivity contribution in [2.45, 2.75) is 52.6 Å². The van der Waals surface area contributed by atoms with Crippen LogP contribution in [-0.4, -0.2) is 17.3 Å². The lowest BCUT2D eigenvalue weighted by molar-refractivity contribution is 0.312. The molecule has 0 spiro atoms. The summed E-state index contributed by atoms with van der Waals surface area (Å²) >= 11 is 0. The molecule has 0 aliphatic rings. The minimum Gasteiger partial charge on any atom is -0.379 e. The monoisotopic (exact) mass is 176 g/mol. The maximum Gasteiger partial charge on any atom is 0.152 e. The molecular weight excluding hydrogens is 156 g/mol. The highest BCUT2D eigenvalue weighted by Crippen LogP contribution is 1.93. The van der Waals surface area contributed by atoms with Crippen molar-refractivity contribution in [3.8, 4) is 0 Å². The molecule has 0 aromatic rings. The largest absolute Gasteiger partial charge is 0.379 e. The maximum absolute atomic E-state index is 8.11. The van der Waals surface area contributed by atoms with Crippen LogP contribution in [0.1, 0.15) is 40.5 Å². The van der Waals surface area contributed by atoms with Crippen molar-refractivity contribution in [3.05, 3.63) is 4.91 Å². The van der Waals surface area contributed by atoms with E-state index in [4.69, 9.17) is 10.1 Å². The van der Waals surface area contributed by atoms with Gasteiger partial charge in [0, 0.05) is 12.1 Å². The Kier molecular flexibility index (Phi) is 12.0. The van der Waals surface area contributed by atoms with E-state index in [9.17, 15) is 0 Å². The van der Waals surface area contributed by atoms with Crippen LogP contribution in [0.15, 0.2) is 5.34 Å². The van der Waals surface area contributed by atoms with Crippen molar-refractivity contribution >= 4 is 0 Å². The minimum atomic E-state index is 0.681. The highest BCUT2D eigenvalue weighted by atomic mass is 16.6. The van der Waals surface area contributed by atoms with Crippen LogP contribution in [-0.2, 0) is 0 Å². The first kappa shape index (κ1) is 13.9. The third kappa shape index (κ3) is 12.1. The van der Waals surface area contributed by atoms with Crippen molar-refractivity contribution in [1.82, 2.24) is 5.32 Å². The fourth-order valence-corrected chi connectivity index (χ4v) is 0.721. The fourth-order valence-electron chi connectivity index (χ4n) is 0.721. The number of rotatable bonds is 4. The molecular formula is C8H20N2O2. The van der Waals surface area contributed by atoms with E-state index in [0.717, 1.165) is 0 Å². The van der Waals surface area contributed by atoms with Gasteiger partial charge in [-0.25, -0.2) is 0 Å². The second-order valence-corrected chi connectivity index (χ2v) is 2.87. The van der Waals surface area contributed by atoms with Gasteiger partial charge in [-0.2, -0.15) is 0 Å². The molecule has 4 heteroatoms. The highest BCUT2D eigenvalue weighted by Gasteiger charge is 2.00. The first-order valence-electron chi connectivity index (χ1n) is 4.35. The smallest absolute Gasteiger partial charge is 0.152 e. The topological polar surface area (TPSA) is 61.7 Å². The number of nitrogens with zero attached hydrogens (tertiary/aromatic N) is 1. The van der Waals surface area contributed by atoms with Crippen LogP contribution in [0.25, 0.3) is 0 Å². The standard InChI is InChI=1S/C8H19N.HNO2/c1-5-7(3)9-8(4)6-2;2-1-3/h7-9H,5-6H2,1-4H3;(H,2,3). The van der Waals surface area contributed by atoms with Crippen molar-refractivity contribution in [3.63, 3.8) is 0 Å². The third-order valence-electron chi connectivity index (χ3n) is 1.79. The van der Waals surface area contributed by atoms with Gasteiger partial charge < -0.3 is 10.5 Å². The van der Waals surface area contributed by atoms with Crippen molar-refractivity contribution < 1.29 is 5.21 Å². The lowest BCUT2D eigenvalue weighted by Crippen LogP contribution is -2.33. The molecule has 0 aromatic heterocycles. The zero-order valence-corrected chi connectivity index (χ0v) is 8.37. The summed E-state index contributed by atoms with van der Waals surface area (Å²) in [6, 6.07) is 1.36. The molecule has 0 radical (unpaired) electrons. The molecule has 0 aromatic carbocycles. The third-order valence-corrected chi connectivity index (χ3v) is 1.79. The van der Waals surface area contributed by atoms with Crippen LogP contribution in [0.5, 0.6) is 0 Å². The second-order valence-electron chi connectivity index (χ2n) is 2.87. The first-order valence-corrected chi connectivity index (χ1v) is 4.35. The summed E-state index contributed by atoms with van der Waals surface area (Å²) in [7, 11) is 0. The summed E-state index contributed by atoms with van der Waals surface area (Å²) in [6.45, 7) is 8.87. The van der Waals surface area contributed by atoms with Gasteiger partial charge >= 0.3 is 0 Å². The van der Waals surface area contributed by atoms with Crippen LogP contribution < -0.4 is 5.32 Å². The molecule has 0 fully saturated rings. The Morgan fingerprint density at radius 2 is 1.50 bits per heavy atom. The van der Waals surface area contributed by atoms with E-state index < -0.39 is 0 Å². The van der Waals surface area contributed by atoms with E-state index in [2.05, 4.69) is 33.0 Å². The molecule has 0 saturated heterocycles. The van der Waals surface area contributed by atoms with E-state index in [1.165, 1.54) is 18.2 Å². The Hall–Kier alpha value is -0.640. The molecule has 2 N–H and O–H groups in total. The van der Waals surface area contributed by atoms with E-state index in [0.29, 0.717) is 12.1 Å². The summed E-state index contributed by atoms with van der Waals surface area (Å²) in [5, 5.41) is 11.4. The molecule has 2 unspecified atom stereocenters. The van der Waals surface area contributed by atoms with Crippen molar-refractivity contribution in [2.75, 3.05) is 0 Å². The zero-order valence-electron chi connectivity index (χ0n) is 8.37. The van der Waals surface area contributed by atoms with Gasteiger partial charge in [0.2, 0.25) is 0 Å². The molecule has 2 atom stereocenters. The van der Waals surface area contributed by atoms with E-state index in [-0.39, 0.29) is 0 Å². The lowest BCUT2D eigenvalue weighted by Gasteiger charge is -2.16. The molecule has 0 amide bonds. The highest BCUT2D eigenvalue weighted by molar-refractivity contribution is 4.63. The molecule has 0 aliphatic carbocycles. The summed E-state index contributed by atoms with van der Waals surface area (Å²) in [5.74, 6) is 0. The Bertz CT molecular complexity index is 91.1. The van der Waals surface area contributed by atoms with Gasteiger partial charge in [-0.15, -0.1) is 4.91 Å². The quantitative estimate of drug-likeness (QED) is 0.510. The van der Waals surface area contributed by atoms with Gasteiger partial charge in [0.15, 0.2) is 5.34 Å².